The lowest BCUT2D eigenvalue weighted by Gasteiger charge is -2.56. The summed E-state index contributed by atoms with van der Waals surface area (Å²) in [5.74, 6) is 3.79. The van der Waals surface area contributed by atoms with Crippen molar-refractivity contribution in [1.82, 2.24) is 19.8 Å². The lowest BCUT2D eigenvalue weighted by atomic mass is 9.49. The van der Waals surface area contributed by atoms with Gasteiger partial charge in [-0.15, -0.1) is 0 Å². The summed E-state index contributed by atoms with van der Waals surface area (Å²) in [4.78, 5) is 26.6. The van der Waals surface area contributed by atoms with Gasteiger partial charge >= 0.3 is 5.69 Å². The van der Waals surface area contributed by atoms with Gasteiger partial charge in [0.25, 0.3) is 0 Å². The number of aliphatic hydroxyl groups is 1. The molecule has 0 unspecified atom stereocenters. The number of carbonyl (C=O) groups is 1. The molecule has 0 saturated heterocycles. The molecule has 0 amide bonds. The van der Waals surface area contributed by atoms with Crippen LogP contribution in [-0.4, -0.2) is 36.3 Å². The van der Waals surface area contributed by atoms with Gasteiger partial charge in [0.05, 0.1) is 11.6 Å². The van der Waals surface area contributed by atoms with Crippen LogP contribution in [-0.2, 0) is 11.3 Å². The van der Waals surface area contributed by atoms with E-state index in [9.17, 15) is 14.7 Å². The molecule has 0 radical (unpaired) electrons. The van der Waals surface area contributed by atoms with Crippen LogP contribution in [0.4, 0.5) is 0 Å². The van der Waals surface area contributed by atoms with Crippen molar-refractivity contribution < 1.29 is 9.90 Å². The molecule has 7 nitrogen and oxygen atoms in total. The second-order valence-electron chi connectivity index (χ2n) is 13.5. The minimum absolute atomic E-state index is 0.0324. The molecule has 1 N–H and O–H groups in total. The fourth-order valence-corrected chi connectivity index (χ4v) is 9.81. The van der Waals surface area contributed by atoms with Crippen molar-refractivity contribution in [2.45, 2.75) is 122 Å². The van der Waals surface area contributed by atoms with E-state index in [4.69, 9.17) is 0 Å². The first-order valence-electron chi connectivity index (χ1n) is 14.5. The van der Waals surface area contributed by atoms with Crippen LogP contribution in [0.3, 0.4) is 0 Å². The van der Waals surface area contributed by atoms with E-state index in [0.29, 0.717) is 11.8 Å². The molecule has 8 atom stereocenters. The molecule has 0 bridgehead atoms. The monoisotopic (exact) mass is 484 g/mol. The Morgan fingerprint density at radius 3 is 2.49 bits per heavy atom. The molecule has 194 valence electrons. The Balaban J connectivity index is 1.15. The van der Waals surface area contributed by atoms with Gasteiger partial charge in [-0.25, -0.2) is 4.79 Å². The lowest BCUT2D eigenvalue weighted by Crippen LogP contribution is -2.51. The van der Waals surface area contributed by atoms with E-state index >= 15 is 0 Å². The summed E-state index contributed by atoms with van der Waals surface area (Å²) in [6.07, 6.45) is 15.5. The Bertz CT molecular complexity index is 1010. The van der Waals surface area contributed by atoms with Gasteiger partial charge in [-0.1, -0.05) is 26.2 Å². The molecule has 5 aliphatic rings. The molecule has 1 heterocycles. The Hall–Kier alpha value is -1.50. The third-order valence-electron chi connectivity index (χ3n) is 11.5. The minimum atomic E-state index is -0.473. The first-order valence-corrected chi connectivity index (χ1v) is 14.5. The van der Waals surface area contributed by atoms with Gasteiger partial charge in [0, 0.05) is 5.92 Å². The third kappa shape index (κ3) is 4.04. The van der Waals surface area contributed by atoms with Crippen LogP contribution in [0.15, 0.2) is 4.79 Å². The normalized spacial score (nSPS) is 43.9. The van der Waals surface area contributed by atoms with E-state index in [2.05, 4.69) is 17.4 Å². The highest BCUT2D eigenvalue weighted by atomic mass is 16.3. The molecule has 1 aromatic rings. The summed E-state index contributed by atoms with van der Waals surface area (Å²) in [5.41, 5.74) is -0.632. The third-order valence-corrected chi connectivity index (χ3v) is 11.5. The maximum atomic E-state index is 13.6. The van der Waals surface area contributed by atoms with Crippen LogP contribution >= 0.6 is 0 Å². The lowest BCUT2D eigenvalue weighted by molar-refractivity contribution is -0.133. The van der Waals surface area contributed by atoms with E-state index in [0.717, 1.165) is 75.5 Å². The Morgan fingerprint density at radius 2 is 1.69 bits per heavy atom. The summed E-state index contributed by atoms with van der Waals surface area (Å²) in [7, 11) is 0. The first kappa shape index (κ1) is 23.9. The highest BCUT2D eigenvalue weighted by Gasteiger charge is 2.58. The van der Waals surface area contributed by atoms with Crippen LogP contribution in [0, 0.1) is 40.9 Å². The second kappa shape index (κ2) is 8.81. The number of tetrazole rings is 1. The van der Waals surface area contributed by atoms with Crippen LogP contribution in [0.2, 0.25) is 0 Å². The van der Waals surface area contributed by atoms with Gasteiger partial charge < -0.3 is 5.11 Å². The van der Waals surface area contributed by atoms with Crippen molar-refractivity contribution in [3.63, 3.8) is 0 Å². The molecule has 5 saturated carbocycles. The molecule has 5 fully saturated rings. The number of hydrogen-bond acceptors (Lipinski definition) is 5. The zero-order valence-electron chi connectivity index (χ0n) is 21.7. The summed E-state index contributed by atoms with van der Waals surface area (Å²) < 4.78 is 2.87. The van der Waals surface area contributed by atoms with E-state index < -0.39 is 5.60 Å². The SMILES string of the molecule is C[C@@]1(O)CC[C@H]2[C@H](CC[C@@H]3[C@@H]2CC[C@]2(C)[C@@H](C(=O)Cn4nnn(C5CCCCC5)c4=O)CC[C@@H]32)C1. The fourth-order valence-electron chi connectivity index (χ4n) is 9.81. The smallest absolute Gasteiger partial charge is 0.364 e. The Kier molecular flexibility index (Phi) is 6.01. The Morgan fingerprint density at radius 1 is 0.914 bits per heavy atom. The largest absolute Gasteiger partial charge is 0.390 e. The number of rotatable bonds is 4. The molecular weight excluding hydrogens is 440 g/mol. The minimum Gasteiger partial charge on any atom is -0.390 e. The molecule has 0 aliphatic heterocycles. The number of ketones is 1. The van der Waals surface area contributed by atoms with Crippen molar-refractivity contribution in [1.29, 1.82) is 0 Å². The topological polar surface area (TPSA) is 90.0 Å². The first-order chi connectivity index (χ1) is 16.8. The van der Waals surface area contributed by atoms with Crippen LogP contribution in [0.1, 0.15) is 110 Å². The standard InChI is InChI=1S/C28H44N4O3/c1-27(35)14-12-20-18(16-27)8-9-22-21(20)13-15-28(2)23(22)10-11-24(28)25(33)17-31-26(34)32(30-29-31)19-6-4-3-5-7-19/h18-24,35H,3-17H2,1-2H3/t18-,20+,21-,22-,23+,24-,27-,28+/m1/s1. The zero-order valence-corrected chi connectivity index (χ0v) is 21.7. The van der Waals surface area contributed by atoms with Crippen molar-refractivity contribution >= 4 is 5.78 Å². The van der Waals surface area contributed by atoms with Crippen molar-refractivity contribution in [3.05, 3.63) is 10.5 Å². The molecule has 0 spiro atoms. The van der Waals surface area contributed by atoms with E-state index in [1.807, 2.05) is 6.92 Å². The molecule has 1 aromatic heterocycles. The maximum absolute atomic E-state index is 13.6. The summed E-state index contributed by atoms with van der Waals surface area (Å²) in [6, 6.07) is 0.141. The predicted molar refractivity (Wildman–Crippen MR) is 133 cm³/mol. The molecule has 7 heteroatoms. The van der Waals surface area contributed by atoms with Gasteiger partial charge in [-0.3, -0.25) is 4.79 Å². The van der Waals surface area contributed by atoms with E-state index in [1.165, 1.54) is 41.5 Å². The fraction of sp³-hybridized carbons (Fsp3) is 0.929. The van der Waals surface area contributed by atoms with Gasteiger partial charge in [0.15, 0.2) is 5.78 Å². The van der Waals surface area contributed by atoms with Gasteiger partial charge in [-0.05, 0) is 123 Å². The maximum Gasteiger partial charge on any atom is 0.364 e. The highest BCUT2D eigenvalue weighted by Crippen LogP contribution is 2.64. The summed E-state index contributed by atoms with van der Waals surface area (Å²) in [6.45, 7) is 4.48. The second-order valence-corrected chi connectivity index (χ2v) is 13.5. The number of nitrogens with zero attached hydrogens (tertiary/aromatic N) is 4. The Labute approximate surface area is 209 Å². The quantitative estimate of drug-likeness (QED) is 0.678. The molecule has 35 heavy (non-hydrogen) atoms. The average molecular weight is 485 g/mol. The van der Waals surface area contributed by atoms with Crippen LogP contribution < -0.4 is 5.69 Å². The van der Waals surface area contributed by atoms with Gasteiger partial charge in [-0.2, -0.15) is 9.36 Å². The van der Waals surface area contributed by atoms with Crippen molar-refractivity contribution in [2.75, 3.05) is 0 Å². The summed E-state index contributed by atoms with van der Waals surface area (Å²) in [5, 5.41) is 18.9. The van der Waals surface area contributed by atoms with Crippen molar-refractivity contribution in [3.8, 4) is 0 Å². The number of carbonyl (C=O) groups excluding carboxylic acids is 1. The molecule has 6 rings (SSSR count). The van der Waals surface area contributed by atoms with E-state index in [-0.39, 0.29) is 35.4 Å². The highest BCUT2D eigenvalue weighted by molar-refractivity contribution is 5.82. The van der Waals surface area contributed by atoms with E-state index in [1.54, 1.807) is 0 Å². The number of hydrogen-bond donors (Lipinski definition) is 1. The summed E-state index contributed by atoms with van der Waals surface area (Å²) >= 11 is 0. The number of aromatic nitrogens is 4. The molecular formula is C28H44N4O3. The number of Topliss-reactive ketones (excluding diaryl/α,β-unsaturated/α-hetero) is 1. The molecule has 0 aromatic carbocycles. The number of fused-ring (bicyclic) bond motifs is 5. The van der Waals surface area contributed by atoms with Crippen LogP contribution in [0.25, 0.3) is 0 Å². The van der Waals surface area contributed by atoms with Gasteiger partial charge in [0.2, 0.25) is 0 Å². The average Bonchev–Trinajstić information content (AvgIpc) is 3.38. The predicted octanol–water partition coefficient (Wildman–Crippen LogP) is 4.53. The molecule has 5 aliphatic carbocycles. The zero-order chi connectivity index (χ0) is 24.4. The van der Waals surface area contributed by atoms with Crippen molar-refractivity contribution in [2.24, 2.45) is 40.9 Å². The van der Waals surface area contributed by atoms with Crippen LogP contribution in [0.5, 0.6) is 0 Å². The van der Waals surface area contributed by atoms with Gasteiger partial charge in [0.1, 0.15) is 6.54 Å².